The Kier molecular flexibility index (Phi) is 6.60. The molecule has 1 saturated heterocycles. The zero-order valence-corrected chi connectivity index (χ0v) is 16.2. The van der Waals surface area contributed by atoms with Crippen molar-refractivity contribution < 1.29 is 9.53 Å². The molecule has 26 heavy (non-hydrogen) atoms. The van der Waals surface area contributed by atoms with Crippen LogP contribution >= 0.6 is 12.4 Å². The number of rotatable bonds is 6. The van der Waals surface area contributed by atoms with Gasteiger partial charge in [-0.05, 0) is 55.9 Å². The number of nitrogens with zero attached hydrogens (tertiary/aromatic N) is 1. The fourth-order valence-corrected chi connectivity index (χ4v) is 5.15. The molecule has 2 aliphatic carbocycles. The van der Waals surface area contributed by atoms with Gasteiger partial charge in [-0.2, -0.15) is 0 Å². The van der Waals surface area contributed by atoms with Gasteiger partial charge in [0, 0.05) is 25.7 Å². The fourth-order valence-electron chi connectivity index (χ4n) is 5.15. The Morgan fingerprint density at radius 1 is 1.15 bits per heavy atom. The number of hydrogen-bond acceptors (Lipinski definition) is 3. The second kappa shape index (κ2) is 8.73. The molecule has 2 saturated carbocycles. The molecule has 4 rings (SSSR count). The van der Waals surface area contributed by atoms with E-state index in [0.717, 1.165) is 39.0 Å². The lowest BCUT2D eigenvalue weighted by Gasteiger charge is -2.30. The highest BCUT2D eigenvalue weighted by Gasteiger charge is 2.50. The summed E-state index contributed by atoms with van der Waals surface area (Å²) in [5.74, 6) is 1.51. The van der Waals surface area contributed by atoms with Gasteiger partial charge in [0.05, 0.1) is 12.0 Å². The van der Waals surface area contributed by atoms with Crippen molar-refractivity contribution in [1.29, 1.82) is 0 Å². The lowest BCUT2D eigenvalue weighted by molar-refractivity contribution is -0.137. The summed E-state index contributed by atoms with van der Waals surface area (Å²) < 4.78 is 6.03. The molecule has 3 fully saturated rings. The zero-order valence-electron chi connectivity index (χ0n) is 15.4. The molecule has 1 amide bonds. The number of hydrogen-bond donors (Lipinski definition) is 1. The van der Waals surface area contributed by atoms with Crippen molar-refractivity contribution in [1.82, 2.24) is 4.90 Å². The van der Waals surface area contributed by atoms with Gasteiger partial charge in [-0.15, -0.1) is 12.4 Å². The van der Waals surface area contributed by atoms with E-state index in [1.807, 2.05) is 11.0 Å². The Morgan fingerprint density at radius 2 is 1.92 bits per heavy atom. The third kappa shape index (κ3) is 4.08. The van der Waals surface area contributed by atoms with Crippen LogP contribution in [-0.4, -0.2) is 42.6 Å². The van der Waals surface area contributed by atoms with Crippen molar-refractivity contribution in [2.24, 2.45) is 23.5 Å². The van der Waals surface area contributed by atoms with Crippen LogP contribution in [0, 0.1) is 17.8 Å². The Hall–Kier alpha value is -1.10. The van der Waals surface area contributed by atoms with Crippen molar-refractivity contribution in [3.8, 4) is 0 Å². The maximum Gasteiger partial charge on any atom is 0.227 e. The SMILES string of the molecule is Cl.NC1C2CCC(C2)C1C(=O)N1CCC(OCCCc2ccccc2)C1. The largest absolute Gasteiger partial charge is 0.376 e. The maximum absolute atomic E-state index is 12.9. The Bertz CT molecular complexity index is 595. The van der Waals surface area contributed by atoms with E-state index >= 15 is 0 Å². The molecule has 2 N–H and O–H groups in total. The minimum atomic E-state index is 0. The molecular formula is C21H31ClN2O2. The molecule has 1 heterocycles. The van der Waals surface area contributed by atoms with E-state index in [2.05, 4.69) is 24.3 Å². The number of aryl methyl sites for hydroxylation is 1. The van der Waals surface area contributed by atoms with E-state index in [4.69, 9.17) is 10.5 Å². The lowest BCUT2D eigenvalue weighted by Crippen LogP contribution is -2.46. The van der Waals surface area contributed by atoms with E-state index < -0.39 is 0 Å². The monoisotopic (exact) mass is 378 g/mol. The van der Waals surface area contributed by atoms with Gasteiger partial charge in [0.25, 0.3) is 0 Å². The average molecular weight is 379 g/mol. The standard InChI is InChI=1S/C21H30N2O2.ClH/c22-20-17-9-8-16(13-17)19(20)21(24)23-11-10-18(14-23)25-12-4-7-15-5-2-1-3-6-15;/h1-3,5-6,16-20H,4,7-14,22H2;1H. The molecule has 0 radical (unpaired) electrons. The number of carbonyl (C=O) groups is 1. The van der Waals surface area contributed by atoms with E-state index in [-0.39, 0.29) is 30.5 Å². The molecule has 4 nitrogen and oxygen atoms in total. The smallest absolute Gasteiger partial charge is 0.227 e. The number of amides is 1. The van der Waals surface area contributed by atoms with Crippen LogP contribution in [0.4, 0.5) is 0 Å². The van der Waals surface area contributed by atoms with Gasteiger partial charge in [-0.3, -0.25) is 4.79 Å². The first-order valence-electron chi connectivity index (χ1n) is 9.92. The molecule has 2 bridgehead atoms. The third-order valence-electron chi connectivity index (χ3n) is 6.53. The number of nitrogens with two attached hydrogens (primary N) is 1. The van der Waals surface area contributed by atoms with Crippen molar-refractivity contribution in [3.63, 3.8) is 0 Å². The van der Waals surface area contributed by atoms with Crippen molar-refractivity contribution in [2.75, 3.05) is 19.7 Å². The average Bonchev–Trinajstić information content (AvgIpc) is 3.35. The lowest BCUT2D eigenvalue weighted by atomic mass is 9.84. The van der Waals surface area contributed by atoms with Gasteiger partial charge in [0.1, 0.15) is 0 Å². The molecule has 5 heteroatoms. The highest BCUT2D eigenvalue weighted by atomic mass is 35.5. The van der Waals surface area contributed by atoms with Crippen LogP contribution < -0.4 is 5.73 Å². The molecular weight excluding hydrogens is 348 g/mol. The summed E-state index contributed by atoms with van der Waals surface area (Å²) in [4.78, 5) is 14.9. The quantitative estimate of drug-likeness (QED) is 0.774. The van der Waals surface area contributed by atoms with Gasteiger partial charge in [-0.1, -0.05) is 30.3 Å². The summed E-state index contributed by atoms with van der Waals surface area (Å²) >= 11 is 0. The van der Waals surface area contributed by atoms with Gasteiger partial charge in [0.2, 0.25) is 5.91 Å². The van der Waals surface area contributed by atoms with Crippen LogP contribution in [0.1, 0.15) is 37.7 Å². The summed E-state index contributed by atoms with van der Waals surface area (Å²) in [5, 5.41) is 0. The molecule has 0 aromatic heterocycles. The van der Waals surface area contributed by atoms with Crippen molar-refractivity contribution in [3.05, 3.63) is 35.9 Å². The summed E-state index contributed by atoms with van der Waals surface area (Å²) in [5.41, 5.74) is 7.70. The summed E-state index contributed by atoms with van der Waals surface area (Å²) in [6.07, 6.45) is 6.85. The summed E-state index contributed by atoms with van der Waals surface area (Å²) in [7, 11) is 0. The topological polar surface area (TPSA) is 55.6 Å². The van der Waals surface area contributed by atoms with Crippen LogP contribution in [0.25, 0.3) is 0 Å². The Morgan fingerprint density at radius 3 is 2.65 bits per heavy atom. The number of carbonyl (C=O) groups excluding carboxylic acids is 1. The minimum Gasteiger partial charge on any atom is -0.376 e. The molecule has 1 aromatic rings. The fraction of sp³-hybridized carbons (Fsp3) is 0.667. The van der Waals surface area contributed by atoms with Crippen molar-refractivity contribution >= 4 is 18.3 Å². The van der Waals surface area contributed by atoms with Crippen LogP contribution in [0.5, 0.6) is 0 Å². The maximum atomic E-state index is 12.9. The van der Waals surface area contributed by atoms with E-state index in [1.165, 1.54) is 24.8 Å². The van der Waals surface area contributed by atoms with Crippen LogP contribution in [0.3, 0.4) is 0 Å². The van der Waals surface area contributed by atoms with E-state index in [9.17, 15) is 4.79 Å². The number of fused-ring (bicyclic) bond motifs is 2. The Labute approximate surface area is 162 Å². The molecule has 3 aliphatic rings. The summed E-state index contributed by atoms with van der Waals surface area (Å²) in [6, 6.07) is 10.6. The number of benzene rings is 1. The molecule has 5 unspecified atom stereocenters. The first-order valence-corrected chi connectivity index (χ1v) is 9.92. The van der Waals surface area contributed by atoms with Crippen LogP contribution in [0.2, 0.25) is 0 Å². The zero-order chi connectivity index (χ0) is 17.2. The molecule has 1 aliphatic heterocycles. The second-order valence-electron chi connectivity index (χ2n) is 8.09. The van der Waals surface area contributed by atoms with Gasteiger partial charge >= 0.3 is 0 Å². The number of ether oxygens (including phenoxy) is 1. The molecule has 1 aromatic carbocycles. The Balaban J connectivity index is 0.00000196. The molecule has 0 spiro atoms. The molecule has 5 atom stereocenters. The van der Waals surface area contributed by atoms with Crippen molar-refractivity contribution in [2.45, 2.75) is 50.7 Å². The normalized spacial score (nSPS) is 32.7. The van der Waals surface area contributed by atoms with E-state index in [0.29, 0.717) is 17.7 Å². The van der Waals surface area contributed by atoms with Gasteiger partial charge in [0.15, 0.2) is 0 Å². The van der Waals surface area contributed by atoms with Gasteiger partial charge in [-0.25, -0.2) is 0 Å². The highest BCUT2D eigenvalue weighted by Crippen LogP contribution is 2.48. The predicted molar refractivity (Wildman–Crippen MR) is 105 cm³/mol. The first kappa shape index (κ1) is 19.7. The minimum absolute atomic E-state index is 0. The second-order valence-corrected chi connectivity index (χ2v) is 8.09. The first-order chi connectivity index (χ1) is 12.2. The van der Waals surface area contributed by atoms with Crippen LogP contribution in [-0.2, 0) is 16.0 Å². The predicted octanol–water partition coefficient (Wildman–Crippen LogP) is 3.03. The van der Waals surface area contributed by atoms with Crippen LogP contribution in [0.15, 0.2) is 30.3 Å². The number of likely N-dealkylation sites (tertiary alicyclic amines) is 1. The summed E-state index contributed by atoms with van der Waals surface area (Å²) in [6.45, 7) is 2.36. The third-order valence-corrected chi connectivity index (χ3v) is 6.53. The highest BCUT2D eigenvalue weighted by molar-refractivity contribution is 5.85. The number of halogens is 1. The molecule has 144 valence electrons. The van der Waals surface area contributed by atoms with Gasteiger partial charge < -0.3 is 15.4 Å². The van der Waals surface area contributed by atoms with E-state index in [1.54, 1.807) is 0 Å².